The number of benzene rings is 3. The number of aryl methyl sites for hydroxylation is 5. The Kier molecular flexibility index (Phi) is 11.8. The van der Waals surface area contributed by atoms with E-state index in [1.54, 1.807) is 52.6 Å². The van der Waals surface area contributed by atoms with E-state index in [1.165, 1.54) is 5.56 Å². The molecule has 0 saturated heterocycles. The van der Waals surface area contributed by atoms with E-state index in [4.69, 9.17) is 0 Å². The molecule has 0 unspecified atom stereocenters. The Labute approximate surface area is 378 Å². The Balaban J connectivity index is 0.000000181. The molecule has 3 aromatic carbocycles. The van der Waals surface area contributed by atoms with Crippen LogP contribution in [0.25, 0.3) is 32.9 Å². The molecule has 12 nitrogen and oxygen atoms in total. The summed E-state index contributed by atoms with van der Waals surface area (Å²) in [6.07, 6.45) is 2.53. The molecule has 7 aromatic rings. The van der Waals surface area contributed by atoms with Gasteiger partial charge >= 0.3 is 0 Å². The number of likely N-dealkylation sites (N-methyl/N-ethyl adjacent to an activating group) is 2. The Bertz CT molecular complexity index is 3180. The van der Waals surface area contributed by atoms with Crippen LogP contribution >= 0.6 is 0 Å². The lowest BCUT2D eigenvalue weighted by atomic mass is 9.96. The van der Waals surface area contributed by atoms with Gasteiger partial charge in [-0.05, 0) is 90.9 Å². The molecule has 0 N–H and O–H groups in total. The highest BCUT2D eigenvalue weighted by Gasteiger charge is 2.29. The van der Waals surface area contributed by atoms with Crippen LogP contribution in [0.1, 0.15) is 79.5 Å². The molecular weight excluding hydrogens is 823 g/mol. The van der Waals surface area contributed by atoms with E-state index in [0.29, 0.717) is 34.8 Å². The summed E-state index contributed by atoms with van der Waals surface area (Å²) < 4.78 is 33.8. The SMILES string of the molecule is Cc1cc2c(N3CCN(C)c4cc(-c5cnn(C)c5)c(C(F)F)cc43)cc(C(C)C)cc2n(C)c1=O.Cc1cc2c(N3CCN(C)c4cc(C#N)ncc43)cc(C(C)C)cc2n(C)c1=O. The Morgan fingerprint density at radius 1 is 0.615 bits per heavy atom. The van der Waals surface area contributed by atoms with Crippen molar-refractivity contribution in [3.8, 4) is 17.2 Å². The second-order valence-electron chi connectivity index (χ2n) is 18.1. The van der Waals surface area contributed by atoms with E-state index in [2.05, 4.69) is 87.7 Å². The third kappa shape index (κ3) is 7.98. The largest absolute Gasteiger partial charge is 0.371 e. The Morgan fingerprint density at radius 3 is 1.58 bits per heavy atom. The van der Waals surface area contributed by atoms with Gasteiger partial charge in [-0.2, -0.15) is 10.4 Å². The highest BCUT2D eigenvalue weighted by Crippen LogP contribution is 2.46. The van der Waals surface area contributed by atoms with Gasteiger partial charge in [0.25, 0.3) is 17.5 Å². The van der Waals surface area contributed by atoms with Crippen molar-refractivity contribution in [3.63, 3.8) is 0 Å². The third-order valence-electron chi connectivity index (χ3n) is 13.1. The summed E-state index contributed by atoms with van der Waals surface area (Å²) in [5.41, 5.74) is 12.6. The second-order valence-corrected chi connectivity index (χ2v) is 18.1. The number of anilines is 6. The van der Waals surface area contributed by atoms with Gasteiger partial charge < -0.3 is 28.7 Å². The summed E-state index contributed by atoms with van der Waals surface area (Å²) in [5.74, 6) is 0.571. The van der Waals surface area contributed by atoms with Gasteiger partial charge in [-0.1, -0.05) is 27.7 Å². The molecule has 0 spiro atoms. The molecule has 9 rings (SSSR count). The first-order valence-corrected chi connectivity index (χ1v) is 22.0. The molecule has 2 aliphatic rings. The quantitative estimate of drug-likeness (QED) is 0.161. The van der Waals surface area contributed by atoms with Gasteiger partial charge in [-0.3, -0.25) is 14.3 Å². The lowest BCUT2D eigenvalue weighted by Crippen LogP contribution is -2.37. The van der Waals surface area contributed by atoms with Crippen molar-refractivity contribution in [1.82, 2.24) is 23.9 Å². The summed E-state index contributed by atoms with van der Waals surface area (Å²) in [7, 11) is 9.43. The Hall–Kier alpha value is -7.01. The smallest absolute Gasteiger partial charge is 0.264 e. The van der Waals surface area contributed by atoms with E-state index in [0.717, 1.165) is 86.7 Å². The molecule has 4 aromatic heterocycles. The van der Waals surface area contributed by atoms with Crippen LogP contribution in [0.3, 0.4) is 0 Å². The zero-order chi connectivity index (χ0) is 46.8. The number of alkyl halides is 2. The first-order chi connectivity index (χ1) is 30.9. The van der Waals surface area contributed by atoms with Crippen LogP contribution in [0, 0.1) is 25.2 Å². The van der Waals surface area contributed by atoms with Crippen molar-refractivity contribution in [2.45, 2.75) is 59.8 Å². The maximum absolute atomic E-state index is 14.4. The van der Waals surface area contributed by atoms with E-state index >= 15 is 0 Å². The van der Waals surface area contributed by atoms with Gasteiger partial charge in [0.1, 0.15) is 11.8 Å². The molecule has 0 aliphatic carbocycles. The maximum Gasteiger partial charge on any atom is 0.264 e. The van der Waals surface area contributed by atoms with E-state index in [-0.39, 0.29) is 22.6 Å². The number of pyridine rings is 3. The highest BCUT2D eigenvalue weighted by atomic mass is 19.3. The summed E-state index contributed by atoms with van der Waals surface area (Å²) in [6, 6.07) is 19.9. The van der Waals surface area contributed by atoms with Crippen molar-refractivity contribution < 1.29 is 8.78 Å². The molecule has 14 heteroatoms. The fourth-order valence-corrected chi connectivity index (χ4v) is 9.16. The summed E-state index contributed by atoms with van der Waals surface area (Å²) >= 11 is 0. The van der Waals surface area contributed by atoms with Crippen molar-refractivity contribution >= 4 is 55.9 Å². The van der Waals surface area contributed by atoms with Crippen LogP contribution in [0.5, 0.6) is 0 Å². The number of nitrogens with zero attached hydrogens (tertiary/aromatic N) is 10. The van der Waals surface area contributed by atoms with Crippen LogP contribution in [-0.2, 0) is 21.1 Å². The molecule has 6 heterocycles. The molecular formula is C51H56F2N10O2. The van der Waals surface area contributed by atoms with Crippen LogP contribution in [0.15, 0.2) is 82.8 Å². The minimum Gasteiger partial charge on any atom is -0.371 e. The number of nitriles is 1. The number of hydrogen-bond donors (Lipinski definition) is 0. The number of hydrogen-bond acceptors (Lipinski definition) is 9. The highest BCUT2D eigenvalue weighted by molar-refractivity contribution is 5.99. The minimum atomic E-state index is -2.64. The van der Waals surface area contributed by atoms with E-state index in [9.17, 15) is 23.6 Å². The standard InChI is InChI=1S/C28H31F2N5O.C23H25N5O/c1-16(2)18-10-23-22(9-17(3)28(36)34(23)6)24(11-18)35-8-7-32(4)25-12-20(19-14-31-33(5)15-19)21(27(29)30)13-26(25)35;1-14(2)16-9-19-18(8-15(3)23(29)27(19)5)20(10-16)28-7-6-26(4)21-11-17(12-24)25-13-22(21)28/h9-16,27H,7-8H2,1-6H3;8-11,13-14H,6-7H2,1-5H3. The van der Waals surface area contributed by atoms with Gasteiger partial charge in [-0.15, -0.1) is 0 Å². The molecule has 336 valence electrons. The molecule has 65 heavy (non-hydrogen) atoms. The van der Waals surface area contributed by atoms with Gasteiger partial charge in [0.15, 0.2) is 0 Å². The molecule has 0 radical (unpaired) electrons. The first kappa shape index (κ1) is 44.6. The van der Waals surface area contributed by atoms with Crippen LogP contribution < -0.4 is 30.7 Å². The third-order valence-corrected chi connectivity index (χ3v) is 13.1. The van der Waals surface area contributed by atoms with Crippen LogP contribution in [0.4, 0.5) is 42.9 Å². The number of rotatable bonds is 6. The van der Waals surface area contributed by atoms with Gasteiger partial charge in [0.2, 0.25) is 0 Å². The summed E-state index contributed by atoms with van der Waals surface area (Å²) in [5, 5.41) is 15.4. The molecule has 0 saturated carbocycles. The number of halogens is 2. The second kappa shape index (κ2) is 17.2. The summed E-state index contributed by atoms with van der Waals surface area (Å²) in [6.45, 7) is 15.2. The fraction of sp³-hybridized carbons (Fsp3) is 0.353. The monoisotopic (exact) mass is 878 g/mol. The number of fused-ring (bicyclic) bond motifs is 4. The molecule has 0 atom stereocenters. The van der Waals surface area contributed by atoms with Crippen molar-refractivity contribution in [3.05, 3.63) is 127 Å². The van der Waals surface area contributed by atoms with Gasteiger partial charge in [0, 0.05) is 107 Å². The molecule has 0 fully saturated rings. The summed E-state index contributed by atoms with van der Waals surface area (Å²) in [4.78, 5) is 38.3. The topological polar surface area (TPSA) is 111 Å². The normalized spacial score (nSPS) is 13.8. The van der Waals surface area contributed by atoms with E-state index < -0.39 is 6.43 Å². The predicted molar refractivity (Wildman–Crippen MR) is 259 cm³/mol. The maximum atomic E-state index is 14.4. The van der Waals surface area contributed by atoms with E-state index in [1.807, 2.05) is 59.3 Å². The molecule has 2 aliphatic heterocycles. The van der Waals surface area contributed by atoms with Crippen LogP contribution in [0.2, 0.25) is 0 Å². The minimum absolute atomic E-state index is 0.0186. The zero-order valence-electron chi connectivity index (χ0n) is 39.0. The van der Waals surface area contributed by atoms with Crippen molar-refractivity contribution in [1.29, 1.82) is 5.26 Å². The lowest BCUT2D eigenvalue weighted by Gasteiger charge is -2.38. The predicted octanol–water partition coefficient (Wildman–Crippen LogP) is 9.72. The zero-order valence-corrected chi connectivity index (χ0v) is 39.0. The van der Waals surface area contributed by atoms with Gasteiger partial charge in [0.05, 0.1) is 57.6 Å². The average molecular weight is 879 g/mol. The van der Waals surface area contributed by atoms with Crippen molar-refractivity contribution in [2.24, 2.45) is 21.1 Å². The molecule has 0 amide bonds. The lowest BCUT2D eigenvalue weighted by molar-refractivity contribution is 0.152. The van der Waals surface area contributed by atoms with Crippen LogP contribution in [-0.4, -0.2) is 64.2 Å². The first-order valence-electron chi connectivity index (χ1n) is 22.0. The average Bonchev–Trinajstić information content (AvgIpc) is 3.73. The fourth-order valence-electron chi connectivity index (χ4n) is 9.16. The molecule has 0 bridgehead atoms. The van der Waals surface area contributed by atoms with Crippen molar-refractivity contribution in [2.75, 3.05) is 59.9 Å². The number of aromatic nitrogens is 5. The van der Waals surface area contributed by atoms with Gasteiger partial charge in [-0.25, -0.2) is 13.8 Å². The Morgan fingerprint density at radius 2 is 1.12 bits per heavy atom.